The minimum atomic E-state index is -0.992. The Morgan fingerprint density at radius 3 is 2.38 bits per heavy atom. The molecule has 32 heavy (non-hydrogen) atoms. The van der Waals surface area contributed by atoms with Crippen molar-refractivity contribution in [3.05, 3.63) is 100 Å². The maximum Gasteiger partial charge on any atom is 0.335 e. The van der Waals surface area contributed by atoms with E-state index in [1.165, 1.54) is 28.8 Å². The zero-order valence-electron chi connectivity index (χ0n) is 17.3. The highest BCUT2D eigenvalue weighted by Gasteiger charge is 2.30. The normalized spacial score (nSPS) is 16.0. The lowest BCUT2D eigenvalue weighted by molar-refractivity contribution is -0.121. The summed E-state index contributed by atoms with van der Waals surface area (Å²) in [7, 11) is 1.67. The number of carboxylic acids is 1. The lowest BCUT2D eigenvalue weighted by atomic mass is 10.2. The summed E-state index contributed by atoms with van der Waals surface area (Å²) in [5.74, 6) is -0.376. The summed E-state index contributed by atoms with van der Waals surface area (Å²) >= 11 is 1.28. The third-order valence-electron chi connectivity index (χ3n) is 4.77. The van der Waals surface area contributed by atoms with Gasteiger partial charge in [0.15, 0.2) is 5.17 Å². The minimum Gasteiger partial charge on any atom is -0.489 e. The van der Waals surface area contributed by atoms with Crippen LogP contribution in [0, 0.1) is 0 Å². The standard InChI is InChI=1S/C25H20N2O4S/c1-27-23(28)22(32-25(27)26-20-11-9-19(10-12-20)24(29)30)15-17-7-13-21(14-8-17)31-16-18-5-3-2-4-6-18/h2-15H,16H2,1H3,(H,29,30). The number of hydrogen-bond acceptors (Lipinski definition) is 5. The smallest absolute Gasteiger partial charge is 0.335 e. The molecule has 1 fully saturated rings. The SMILES string of the molecule is CN1C(=O)C(=Cc2ccc(OCc3ccccc3)cc2)SC1=Nc1ccc(C(=O)O)cc1. The molecule has 1 heterocycles. The van der Waals surface area contributed by atoms with Crippen molar-refractivity contribution in [2.75, 3.05) is 7.05 Å². The van der Waals surface area contributed by atoms with Crippen molar-refractivity contribution in [1.29, 1.82) is 0 Å². The predicted molar refractivity (Wildman–Crippen MR) is 126 cm³/mol. The van der Waals surface area contributed by atoms with E-state index in [1.54, 1.807) is 19.2 Å². The molecular weight excluding hydrogens is 424 g/mol. The maximum atomic E-state index is 12.6. The number of amides is 1. The van der Waals surface area contributed by atoms with Crippen LogP contribution in [0.25, 0.3) is 6.08 Å². The van der Waals surface area contributed by atoms with Crippen molar-refractivity contribution >= 4 is 40.6 Å². The van der Waals surface area contributed by atoms with Gasteiger partial charge in [-0.2, -0.15) is 0 Å². The van der Waals surface area contributed by atoms with Crippen molar-refractivity contribution in [3.8, 4) is 5.75 Å². The van der Waals surface area contributed by atoms with Gasteiger partial charge < -0.3 is 9.84 Å². The Balaban J connectivity index is 1.44. The molecule has 3 aromatic carbocycles. The van der Waals surface area contributed by atoms with Crippen LogP contribution in [0.1, 0.15) is 21.5 Å². The fraction of sp³-hybridized carbons (Fsp3) is 0.0800. The van der Waals surface area contributed by atoms with Crippen molar-refractivity contribution in [2.24, 2.45) is 4.99 Å². The molecular formula is C25H20N2O4S. The van der Waals surface area contributed by atoms with Crippen LogP contribution in [0.4, 0.5) is 5.69 Å². The van der Waals surface area contributed by atoms with Gasteiger partial charge in [-0.05, 0) is 65.4 Å². The number of carbonyl (C=O) groups is 2. The second-order valence-electron chi connectivity index (χ2n) is 7.06. The van der Waals surface area contributed by atoms with E-state index in [0.717, 1.165) is 16.9 Å². The van der Waals surface area contributed by atoms with Gasteiger partial charge in [0, 0.05) is 7.05 Å². The van der Waals surface area contributed by atoms with Gasteiger partial charge in [-0.3, -0.25) is 9.69 Å². The molecule has 0 aromatic heterocycles. The molecule has 1 aliphatic heterocycles. The maximum absolute atomic E-state index is 12.6. The van der Waals surface area contributed by atoms with E-state index in [1.807, 2.05) is 60.7 Å². The molecule has 7 heteroatoms. The van der Waals surface area contributed by atoms with E-state index in [0.29, 0.717) is 22.4 Å². The number of hydrogen-bond donors (Lipinski definition) is 1. The number of benzene rings is 3. The van der Waals surface area contributed by atoms with Gasteiger partial charge in [-0.25, -0.2) is 9.79 Å². The van der Waals surface area contributed by atoms with E-state index < -0.39 is 5.97 Å². The zero-order valence-corrected chi connectivity index (χ0v) is 18.1. The molecule has 0 spiro atoms. The molecule has 3 aromatic rings. The summed E-state index contributed by atoms with van der Waals surface area (Å²) < 4.78 is 5.80. The summed E-state index contributed by atoms with van der Waals surface area (Å²) in [5.41, 5.74) is 2.75. The molecule has 0 atom stereocenters. The third-order valence-corrected chi connectivity index (χ3v) is 5.83. The fourth-order valence-corrected chi connectivity index (χ4v) is 3.98. The van der Waals surface area contributed by atoms with Gasteiger partial charge in [-0.15, -0.1) is 0 Å². The number of aliphatic imine (C=N–C) groups is 1. The monoisotopic (exact) mass is 444 g/mol. The van der Waals surface area contributed by atoms with Gasteiger partial charge in [0.25, 0.3) is 5.91 Å². The number of aromatic carboxylic acids is 1. The van der Waals surface area contributed by atoms with E-state index in [4.69, 9.17) is 9.84 Å². The predicted octanol–water partition coefficient (Wildman–Crippen LogP) is 5.20. The summed E-state index contributed by atoms with van der Waals surface area (Å²) in [6, 6.07) is 23.7. The fourth-order valence-electron chi connectivity index (χ4n) is 2.99. The van der Waals surface area contributed by atoms with Crippen molar-refractivity contribution in [3.63, 3.8) is 0 Å². The molecule has 4 rings (SSSR count). The first kappa shape index (κ1) is 21.4. The lowest BCUT2D eigenvalue weighted by Gasteiger charge is -2.07. The first-order chi connectivity index (χ1) is 15.5. The zero-order chi connectivity index (χ0) is 22.5. The Bertz CT molecular complexity index is 1190. The summed E-state index contributed by atoms with van der Waals surface area (Å²) in [5, 5.41) is 9.54. The largest absolute Gasteiger partial charge is 0.489 e. The lowest BCUT2D eigenvalue weighted by Crippen LogP contribution is -2.23. The second kappa shape index (κ2) is 9.53. The minimum absolute atomic E-state index is 0.139. The van der Waals surface area contributed by atoms with Gasteiger partial charge in [-0.1, -0.05) is 42.5 Å². The Hall–Kier alpha value is -3.84. The number of ether oxygens (including phenoxy) is 1. The van der Waals surface area contributed by atoms with Crippen LogP contribution < -0.4 is 4.74 Å². The molecule has 0 aliphatic carbocycles. The number of likely N-dealkylation sites (N-methyl/N-ethyl adjacent to an activating group) is 1. The van der Waals surface area contributed by atoms with Gasteiger partial charge in [0.1, 0.15) is 12.4 Å². The number of carboxylic acid groups (broad SMARTS) is 1. The molecule has 0 saturated carbocycles. The van der Waals surface area contributed by atoms with E-state index in [9.17, 15) is 9.59 Å². The molecule has 1 saturated heterocycles. The van der Waals surface area contributed by atoms with Crippen LogP contribution in [0.15, 0.2) is 88.8 Å². The Kier molecular flexibility index (Phi) is 6.37. The molecule has 160 valence electrons. The van der Waals surface area contributed by atoms with E-state index in [-0.39, 0.29) is 11.5 Å². The van der Waals surface area contributed by atoms with Crippen molar-refractivity contribution in [1.82, 2.24) is 4.90 Å². The molecule has 0 bridgehead atoms. The van der Waals surface area contributed by atoms with Gasteiger partial charge >= 0.3 is 5.97 Å². The number of nitrogens with zero attached hydrogens (tertiary/aromatic N) is 2. The highest BCUT2D eigenvalue weighted by molar-refractivity contribution is 8.18. The van der Waals surface area contributed by atoms with Crippen molar-refractivity contribution < 1.29 is 19.4 Å². The highest BCUT2D eigenvalue weighted by atomic mass is 32.2. The van der Waals surface area contributed by atoms with Crippen LogP contribution in [0.2, 0.25) is 0 Å². The first-order valence-corrected chi connectivity index (χ1v) is 10.7. The summed E-state index contributed by atoms with van der Waals surface area (Å²) in [6.07, 6.45) is 1.82. The van der Waals surface area contributed by atoms with E-state index >= 15 is 0 Å². The second-order valence-corrected chi connectivity index (χ2v) is 8.07. The quantitative estimate of drug-likeness (QED) is 0.529. The van der Waals surface area contributed by atoms with Crippen LogP contribution in [-0.4, -0.2) is 34.1 Å². The molecule has 6 nitrogen and oxygen atoms in total. The average Bonchev–Trinajstić information content (AvgIpc) is 3.07. The molecule has 1 N–H and O–H groups in total. The Labute approximate surface area is 189 Å². The van der Waals surface area contributed by atoms with Gasteiger partial charge in [0.05, 0.1) is 16.2 Å². The topological polar surface area (TPSA) is 79.2 Å². The summed E-state index contributed by atoms with van der Waals surface area (Å²) in [4.78, 5) is 30.1. The van der Waals surface area contributed by atoms with Crippen molar-refractivity contribution in [2.45, 2.75) is 6.61 Å². The van der Waals surface area contributed by atoms with Crippen LogP contribution in [0.3, 0.4) is 0 Å². The number of rotatable bonds is 6. The summed E-state index contributed by atoms with van der Waals surface area (Å²) in [6.45, 7) is 0.494. The number of amidine groups is 1. The molecule has 0 unspecified atom stereocenters. The average molecular weight is 445 g/mol. The number of thioether (sulfide) groups is 1. The third kappa shape index (κ3) is 5.07. The first-order valence-electron chi connectivity index (χ1n) is 9.86. The molecule has 0 radical (unpaired) electrons. The van der Waals surface area contributed by atoms with Crippen LogP contribution in [0.5, 0.6) is 5.75 Å². The van der Waals surface area contributed by atoms with Crippen LogP contribution in [-0.2, 0) is 11.4 Å². The van der Waals surface area contributed by atoms with Gasteiger partial charge in [0.2, 0.25) is 0 Å². The Morgan fingerprint density at radius 2 is 1.72 bits per heavy atom. The number of carbonyl (C=O) groups excluding carboxylic acids is 1. The highest BCUT2D eigenvalue weighted by Crippen LogP contribution is 2.33. The molecule has 1 amide bonds. The van der Waals surface area contributed by atoms with E-state index in [2.05, 4.69) is 4.99 Å². The molecule has 1 aliphatic rings. The Morgan fingerprint density at radius 1 is 1.03 bits per heavy atom. The van der Waals surface area contributed by atoms with Crippen LogP contribution >= 0.6 is 11.8 Å².